The molecule has 0 fully saturated rings. The van der Waals surface area contributed by atoms with Crippen molar-refractivity contribution in [1.29, 1.82) is 0 Å². The Kier molecular flexibility index (Phi) is 16.2. The van der Waals surface area contributed by atoms with Crippen molar-refractivity contribution in [2.75, 3.05) is 5.32 Å². The number of phenols is 1. The van der Waals surface area contributed by atoms with Gasteiger partial charge in [-0.05, 0) is 61.2 Å². The molecular weight excluding hydrogens is 454 g/mol. The number of amides is 1. The first-order chi connectivity index (χ1) is 18.1. The van der Waals surface area contributed by atoms with Gasteiger partial charge < -0.3 is 10.4 Å². The molecule has 204 valence electrons. The minimum absolute atomic E-state index is 0.112. The zero-order valence-electron chi connectivity index (χ0n) is 23.6. The fraction of sp³-hybridized carbons (Fsp3) is 0.559. The van der Waals surface area contributed by atoms with E-state index in [2.05, 4.69) is 24.4 Å². The van der Waals surface area contributed by atoms with Crippen LogP contribution in [0.25, 0.3) is 6.08 Å². The Morgan fingerprint density at radius 1 is 0.676 bits per heavy atom. The van der Waals surface area contributed by atoms with Crippen LogP contribution in [0.4, 0.5) is 5.69 Å². The van der Waals surface area contributed by atoms with Gasteiger partial charge in [-0.2, -0.15) is 0 Å². The molecule has 1 amide bonds. The highest BCUT2D eigenvalue weighted by Gasteiger charge is 2.05. The van der Waals surface area contributed by atoms with E-state index >= 15 is 0 Å². The van der Waals surface area contributed by atoms with E-state index in [4.69, 9.17) is 0 Å². The summed E-state index contributed by atoms with van der Waals surface area (Å²) in [5, 5.41) is 12.4. The summed E-state index contributed by atoms with van der Waals surface area (Å²) in [4.78, 5) is 12.5. The molecule has 0 aliphatic rings. The molecule has 2 aromatic carbocycles. The van der Waals surface area contributed by atoms with Crippen molar-refractivity contribution in [3.63, 3.8) is 0 Å². The molecule has 3 heteroatoms. The normalized spacial score (nSPS) is 11.6. The molecule has 2 rings (SSSR count). The third kappa shape index (κ3) is 14.7. The fourth-order valence-corrected chi connectivity index (χ4v) is 4.75. The molecule has 0 heterocycles. The van der Waals surface area contributed by atoms with Crippen molar-refractivity contribution in [2.45, 2.75) is 123 Å². The molecular formula is C34H51NO2. The Bertz CT molecular complexity index is 883. The molecule has 0 atom stereocenters. The average molecular weight is 506 g/mol. The lowest BCUT2D eigenvalue weighted by atomic mass is 10.0. The number of anilines is 1. The minimum Gasteiger partial charge on any atom is -0.508 e. The molecule has 37 heavy (non-hydrogen) atoms. The molecule has 0 aromatic heterocycles. The molecule has 0 aliphatic carbocycles. The van der Waals surface area contributed by atoms with Crippen LogP contribution in [0.3, 0.4) is 0 Å². The first-order valence-corrected chi connectivity index (χ1v) is 15.0. The number of rotatable bonds is 20. The zero-order chi connectivity index (χ0) is 26.6. The van der Waals surface area contributed by atoms with Crippen LogP contribution >= 0.6 is 0 Å². The summed E-state index contributed by atoms with van der Waals surface area (Å²) in [5.74, 6) is 0.109. The Morgan fingerprint density at radius 2 is 1.14 bits per heavy atom. The molecule has 2 aromatic rings. The molecule has 2 N–H and O–H groups in total. The fourth-order valence-electron chi connectivity index (χ4n) is 4.75. The molecule has 0 aliphatic heterocycles. The molecule has 0 bridgehead atoms. The van der Waals surface area contributed by atoms with Crippen molar-refractivity contribution in [1.82, 2.24) is 0 Å². The van der Waals surface area contributed by atoms with Gasteiger partial charge in [0.15, 0.2) is 0 Å². The summed E-state index contributed by atoms with van der Waals surface area (Å²) in [5.41, 5.74) is 3.67. The van der Waals surface area contributed by atoms with Crippen LogP contribution in [0.5, 0.6) is 5.75 Å². The number of hydrogen-bond donors (Lipinski definition) is 2. The van der Waals surface area contributed by atoms with E-state index in [1.807, 2.05) is 18.2 Å². The predicted molar refractivity (Wildman–Crippen MR) is 160 cm³/mol. The number of benzene rings is 2. The molecule has 3 nitrogen and oxygen atoms in total. The van der Waals surface area contributed by atoms with Crippen molar-refractivity contribution in [2.24, 2.45) is 0 Å². The Labute approximate surface area is 226 Å². The standard InChI is InChI=1S/C34H51NO2/c1-3-4-5-6-7-8-9-10-11-12-13-14-15-16-17-18-19-30-20-24-32(25-21-30)35-34(37)29(2)28-31-22-26-33(36)27-23-31/h20-28,36H,3-19H2,1-2H3,(H,35,37). The largest absolute Gasteiger partial charge is 0.508 e. The highest BCUT2D eigenvalue weighted by molar-refractivity contribution is 6.06. The van der Waals surface area contributed by atoms with Crippen molar-refractivity contribution in [3.05, 3.63) is 65.2 Å². The molecule has 0 saturated carbocycles. The summed E-state index contributed by atoms with van der Waals surface area (Å²) in [6, 6.07) is 15.1. The van der Waals surface area contributed by atoms with Gasteiger partial charge in [0.25, 0.3) is 5.91 Å². The third-order valence-corrected chi connectivity index (χ3v) is 7.17. The number of hydrogen-bond acceptors (Lipinski definition) is 2. The minimum atomic E-state index is -0.112. The van der Waals surface area contributed by atoms with E-state index in [0.717, 1.165) is 17.7 Å². The quantitative estimate of drug-likeness (QED) is 0.139. The maximum Gasteiger partial charge on any atom is 0.251 e. The molecule has 0 saturated heterocycles. The van der Waals surface area contributed by atoms with E-state index < -0.39 is 0 Å². The third-order valence-electron chi connectivity index (χ3n) is 7.17. The van der Waals surface area contributed by atoms with Gasteiger partial charge in [-0.3, -0.25) is 4.79 Å². The van der Waals surface area contributed by atoms with Crippen LogP contribution in [-0.2, 0) is 11.2 Å². The number of aryl methyl sites for hydroxylation is 1. The first-order valence-electron chi connectivity index (χ1n) is 15.0. The van der Waals surface area contributed by atoms with Gasteiger partial charge in [0.1, 0.15) is 5.75 Å². The smallest absolute Gasteiger partial charge is 0.251 e. The zero-order valence-corrected chi connectivity index (χ0v) is 23.6. The van der Waals surface area contributed by atoms with Crippen LogP contribution in [0.15, 0.2) is 54.1 Å². The van der Waals surface area contributed by atoms with Crippen molar-refractivity contribution < 1.29 is 9.90 Å². The Morgan fingerprint density at radius 3 is 1.62 bits per heavy atom. The number of phenolic OH excluding ortho intramolecular Hbond substituents is 1. The number of nitrogens with one attached hydrogen (secondary N) is 1. The molecule has 0 spiro atoms. The van der Waals surface area contributed by atoms with Crippen LogP contribution in [0, 0.1) is 0 Å². The van der Waals surface area contributed by atoms with Gasteiger partial charge >= 0.3 is 0 Å². The summed E-state index contributed by atoms with van der Waals surface area (Å²) >= 11 is 0. The van der Waals surface area contributed by atoms with Gasteiger partial charge in [-0.25, -0.2) is 0 Å². The van der Waals surface area contributed by atoms with E-state index in [0.29, 0.717) is 5.57 Å². The van der Waals surface area contributed by atoms with Gasteiger partial charge in [0, 0.05) is 11.3 Å². The number of unbranched alkanes of at least 4 members (excludes halogenated alkanes) is 15. The van der Waals surface area contributed by atoms with E-state index in [1.54, 1.807) is 31.2 Å². The Balaban J connectivity index is 1.47. The van der Waals surface area contributed by atoms with Crippen LogP contribution in [-0.4, -0.2) is 11.0 Å². The highest BCUT2D eigenvalue weighted by Crippen LogP contribution is 2.17. The van der Waals surface area contributed by atoms with E-state index in [9.17, 15) is 9.90 Å². The van der Waals surface area contributed by atoms with E-state index in [-0.39, 0.29) is 11.7 Å². The second kappa shape index (κ2) is 19.5. The second-order valence-electron chi connectivity index (χ2n) is 10.6. The highest BCUT2D eigenvalue weighted by atomic mass is 16.3. The number of carbonyl (C=O) groups excluding carboxylic acids is 1. The average Bonchev–Trinajstić information content (AvgIpc) is 2.90. The second-order valence-corrected chi connectivity index (χ2v) is 10.6. The van der Waals surface area contributed by atoms with Crippen molar-refractivity contribution in [3.8, 4) is 5.75 Å². The lowest BCUT2D eigenvalue weighted by Gasteiger charge is -2.08. The maximum atomic E-state index is 12.5. The van der Waals surface area contributed by atoms with E-state index in [1.165, 1.54) is 108 Å². The summed E-state index contributed by atoms with van der Waals surface area (Å²) in [7, 11) is 0. The lowest BCUT2D eigenvalue weighted by molar-refractivity contribution is -0.112. The van der Waals surface area contributed by atoms with Crippen LogP contribution in [0.2, 0.25) is 0 Å². The van der Waals surface area contributed by atoms with Crippen LogP contribution in [0.1, 0.15) is 128 Å². The summed E-state index contributed by atoms with van der Waals surface area (Å²) in [6.45, 7) is 4.09. The number of aromatic hydroxyl groups is 1. The molecule has 0 radical (unpaired) electrons. The monoisotopic (exact) mass is 505 g/mol. The predicted octanol–water partition coefficient (Wildman–Crippen LogP) is 10.2. The summed E-state index contributed by atoms with van der Waals surface area (Å²) in [6.07, 6.45) is 25.2. The first kappa shape index (κ1) is 30.7. The Hall–Kier alpha value is -2.55. The van der Waals surface area contributed by atoms with Crippen LogP contribution < -0.4 is 5.32 Å². The molecule has 0 unspecified atom stereocenters. The lowest BCUT2D eigenvalue weighted by Crippen LogP contribution is -2.12. The SMILES string of the molecule is CCCCCCCCCCCCCCCCCCc1ccc(NC(=O)C(C)=Cc2ccc(O)cc2)cc1. The van der Waals surface area contributed by atoms with Gasteiger partial charge in [-0.1, -0.05) is 128 Å². The van der Waals surface area contributed by atoms with Gasteiger partial charge in [0.05, 0.1) is 0 Å². The van der Waals surface area contributed by atoms with Crippen molar-refractivity contribution >= 4 is 17.7 Å². The summed E-state index contributed by atoms with van der Waals surface area (Å²) < 4.78 is 0. The van der Waals surface area contributed by atoms with Gasteiger partial charge in [-0.15, -0.1) is 0 Å². The maximum absolute atomic E-state index is 12.5. The van der Waals surface area contributed by atoms with Gasteiger partial charge in [0.2, 0.25) is 0 Å². The number of carbonyl (C=O) groups is 1. The topological polar surface area (TPSA) is 49.3 Å².